The Morgan fingerprint density at radius 3 is 2.55 bits per heavy atom. The van der Waals surface area contributed by atoms with Crippen molar-refractivity contribution in [3.05, 3.63) is 50.7 Å². The average molecular weight is 438 g/mol. The van der Waals surface area contributed by atoms with Crippen LogP contribution in [0.4, 0.5) is 20.3 Å². The Morgan fingerprint density at radius 1 is 1.26 bits per heavy atom. The summed E-state index contributed by atoms with van der Waals surface area (Å²) in [5, 5.41) is 0. The van der Waals surface area contributed by atoms with E-state index in [9.17, 15) is 23.2 Å². The molecule has 3 N–H and O–H groups in total. The molecule has 0 spiro atoms. The Morgan fingerprint density at radius 2 is 1.94 bits per heavy atom. The Balaban J connectivity index is 2.62. The van der Waals surface area contributed by atoms with Gasteiger partial charge in [-0.3, -0.25) is 19.1 Å². The highest BCUT2D eigenvalue weighted by molar-refractivity contribution is 6.08. The lowest BCUT2D eigenvalue weighted by Crippen LogP contribution is -2.42. The molecule has 0 saturated carbocycles. The average Bonchev–Trinajstić information content (AvgIpc) is 2.69. The Kier molecular flexibility index (Phi) is 8.35. The second kappa shape index (κ2) is 10.7. The third-order valence-electron chi connectivity index (χ3n) is 4.73. The van der Waals surface area contributed by atoms with E-state index in [0.29, 0.717) is 12.8 Å². The van der Waals surface area contributed by atoms with E-state index in [-0.39, 0.29) is 41.8 Å². The Labute approximate surface area is 178 Å². The number of para-hydroxylation sites is 1. The number of rotatable bonds is 10. The molecule has 1 aromatic carbocycles. The molecule has 0 aliphatic carbocycles. The number of aromatic amines is 1. The van der Waals surface area contributed by atoms with Crippen LogP contribution >= 0.6 is 0 Å². The predicted octanol–water partition coefficient (Wildman–Crippen LogP) is 3.21. The fourth-order valence-electron chi connectivity index (χ4n) is 3.07. The van der Waals surface area contributed by atoms with Crippen LogP contribution in [-0.4, -0.2) is 28.6 Å². The summed E-state index contributed by atoms with van der Waals surface area (Å²) in [7, 11) is 0. The lowest BCUT2D eigenvalue weighted by Gasteiger charge is -2.26. The van der Waals surface area contributed by atoms with Crippen LogP contribution in [-0.2, 0) is 6.54 Å². The second-order valence-electron chi connectivity index (χ2n) is 7.51. The number of alkyl halides is 2. The molecule has 8 nitrogen and oxygen atoms in total. The molecule has 1 heterocycles. The number of nitrogens with two attached hydrogens (primary N) is 1. The largest absolute Gasteiger partial charge is 0.434 e. The summed E-state index contributed by atoms with van der Waals surface area (Å²) < 4.78 is 31.3. The molecule has 31 heavy (non-hydrogen) atoms. The maximum Gasteiger partial charge on any atom is 0.387 e. The Bertz CT molecular complexity index is 1020. The number of amides is 1. The molecule has 0 saturated heterocycles. The monoisotopic (exact) mass is 438 g/mol. The third kappa shape index (κ3) is 5.93. The molecule has 0 radical (unpaired) electrons. The van der Waals surface area contributed by atoms with Gasteiger partial charge in [-0.05, 0) is 30.9 Å². The number of halogens is 2. The molecular weight excluding hydrogens is 410 g/mol. The van der Waals surface area contributed by atoms with Crippen molar-refractivity contribution in [2.24, 2.45) is 5.92 Å². The summed E-state index contributed by atoms with van der Waals surface area (Å²) in [6, 6.07) is 5.54. The molecule has 0 fully saturated rings. The van der Waals surface area contributed by atoms with Gasteiger partial charge in [-0.1, -0.05) is 39.3 Å². The van der Waals surface area contributed by atoms with Gasteiger partial charge in [-0.25, -0.2) is 4.79 Å². The number of nitrogen functional groups attached to an aromatic ring is 1. The van der Waals surface area contributed by atoms with Gasteiger partial charge in [0.25, 0.3) is 11.5 Å². The number of hydrogen-bond donors (Lipinski definition) is 2. The van der Waals surface area contributed by atoms with Crippen molar-refractivity contribution in [2.75, 3.05) is 17.2 Å². The lowest BCUT2D eigenvalue weighted by atomic mass is 10.1. The number of nitrogens with zero attached hydrogens (tertiary/aromatic N) is 2. The summed E-state index contributed by atoms with van der Waals surface area (Å²) in [6.07, 6.45) is 1.94. The van der Waals surface area contributed by atoms with E-state index in [2.05, 4.69) is 9.72 Å². The van der Waals surface area contributed by atoms with Crippen molar-refractivity contribution in [2.45, 2.75) is 53.2 Å². The third-order valence-corrected chi connectivity index (χ3v) is 4.73. The first-order chi connectivity index (χ1) is 14.7. The predicted molar refractivity (Wildman–Crippen MR) is 115 cm³/mol. The van der Waals surface area contributed by atoms with Crippen LogP contribution < -0.4 is 26.6 Å². The lowest BCUT2D eigenvalue weighted by molar-refractivity contribution is -0.0501. The van der Waals surface area contributed by atoms with E-state index >= 15 is 0 Å². The van der Waals surface area contributed by atoms with E-state index in [1.165, 1.54) is 28.8 Å². The van der Waals surface area contributed by atoms with Gasteiger partial charge < -0.3 is 15.4 Å². The van der Waals surface area contributed by atoms with Crippen LogP contribution in [0, 0.1) is 5.92 Å². The van der Waals surface area contributed by atoms with E-state index in [0.717, 1.165) is 11.3 Å². The van der Waals surface area contributed by atoms with Gasteiger partial charge in [0.1, 0.15) is 11.6 Å². The minimum absolute atomic E-state index is 0.0960. The molecule has 1 aromatic heterocycles. The maximum atomic E-state index is 13.4. The first-order valence-electron chi connectivity index (χ1n) is 10.2. The van der Waals surface area contributed by atoms with Crippen LogP contribution in [0.15, 0.2) is 33.9 Å². The molecule has 1 amide bonds. The highest BCUT2D eigenvalue weighted by atomic mass is 19.3. The summed E-state index contributed by atoms with van der Waals surface area (Å²) in [5.74, 6) is -1.01. The number of carbonyl (C=O) groups excluding carboxylic acids is 1. The molecule has 0 aliphatic rings. The van der Waals surface area contributed by atoms with Crippen LogP contribution in [0.25, 0.3) is 0 Å². The second-order valence-corrected chi connectivity index (χ2v) is 7.51. The van der Waals surface area contributed by atoms with Crippen LogP contribution in [0.2, 0.25) is 0 Å². The fraction of sp³-hybridized carbons (Fsp3) is 0.476. The van der Waals surface area contributed by atoms with Gasteiger partial charge in [0.2, 0.25) is 0 Å². The standard InChI is InChI=1S/C21H28F2N4O4/c1-4-5-11-27-17(24)16(18(28)25-21(27)30)26(12-10-13(2)3)19(29)14-8-6-7-9-15(14)31-20(22)23/h6-9,13,20H,4-5,10-12,24H2,1-3H3,(H,25,28,30). The zero-order valence-electron chi connectivity index (χ0n) is 17.9. The molecule has 0 atom stereocenters. The van der Waals surface area contributed by atoms with E-state index in [1.54, 1.807) is 0 Å². The number of hydrogen-bond acceptors (Lipinski definition) is 5. The minimum Gasteiger partial charge on any atom is -0.434 e. The number of nitrogens with one attached hydrogen (secondary N) is 1. The van der Waals surface area contributed by atoms with Crippen molar-refractivity contribution in [1.29, 1.82) is 0 Å². The number of H-pyrrole nitrogens is 1. The topological polar surface area (TPSA) is 110 Å². The fourth-order valence-corrected chi connectivity index (χ4v) is 3.07. The molecule has 10 heteroatoms. The number of carbonyl (C=O) groups is 1. The summed E-state index contributed by atoms with van der Waals surface area (Å²) in [5.41, 5.74) is 4.35. The van der Waals surface area contributed by atoms with Crippen LogP contribution in [0.5, 0.6) is 5.75 Å². The summed E-state index contributed by atoms with van der Waals surface area (Å²) >= 11 is 0. The molecule has 0 unspecified atom stereocenters. The SMILES string of the molecule is CCCCn1c(N)c(N(CCC(C)C)C(=O)c2ccccc2OC(F)F)c(=O)[nH]c1=O. The zero-order valence-corrected chi connectivity index (χ0v) is 17.9. The molecular formula is C21H28F2N4O4. The van der Waals surface area contributed by atoms with Crippen LogP contribution in [0.3, 0.4) is 0 Å². The first-order valence-corrected chi connectivity index (χ1v) is 10.2. The quantitative estimate of drug-likeness (QED) is 0.592. The van der Waals surface area contributed by atoms with E-state index in [1.807, 2.05) is 20.8 Å². The number of unbranched alkanes of at least 4 members (excludes halogenated alkanes) is 1. The Hall–Kier alpha value is -3.17. The van der Waals surface area contributed by atoms with Gasteiger partial charge in [0, 0.05) is 13.1 Å². The number of benzene rings is 1. The molecule has 0 bridgehead atoms. The summed E-state index contributed by atoms with van der Waals surface area (Å²) in [6.45, 7) is 3.05. The van der Waals surface area contributed by atoms with Gasteiger partial charge in [-0.15, -0.1) is 0 Å². The van der Waals surface area contributed by atoms with Crippen molar-refractivity contribution < 1.29 is 18.3 Å². The van der Waals surface area contributed by atoms with E-state index < -0.39 is 23.8 Å². The van der Waals surface area contributed by atoms with Gasteiger partial charge >= 0.3 is 12.3 Å². The molecule has 170 valence electrons. The number of anilines is 2. The van der Waals surface area contributed by atoms with Crippen LogP contribution in [0.1, 0.15) is 50.4 Å². The maximum absolute atomic E-state index is 13.4. The first kappa shape index (κ1) is 24.1. The highest BCUT2D eigenvalue weighted by Gasteiger charge is 2.27. The van der Waals surface area contributed by atoms with Crippen molar-refractivity contribution in [3.8, 4) is 5.75 Å². The minimum atomic E-state index is -3.12. The zero-order chi connectivity index (χ0) is 23.1. The normalized spacial score (nSPS) is 11.2. The molecule has 2 aromatic rings. The van der Waals surface area contributed by atoms with Crippen molar-refractivity contribution in [3.63, 3.8) is 0 Å². The van der Waals surface area contributed by atoms with E-state index in [4.69, 9.17) is 5.73 Å². The molecule has 0 aliphatic heterocycles. The van der Waals surface area contributed by atoms with Crippen molar-refractivity contribution in [1.82, 2.24) is 9.55 Å². The molecule has 2 rings (SSSR count). The van der Waals surface area contributed by atoms with Gasteiger partial charge in [0.15, 0.2) is 5.69 Å². The highest BCUT2D eigenvalue weighted by Crippen LogP contribution is 2.26. The smallest absolute Gasteiger partial charge is 0.387 e. The van der Waals surface area contributed by atoms with Gasteiger partial charge in [0.05, 0.1) is 5.56 Å². The van der Waals surface area contributed by atoms with Crippen molar-refractivity contribution >= 4 is 17.4 Å². The number of aromatic nitrogens is 2. The number of ether oxygens (including phenoxy) is 1. The summed E-state index contributed by atoms with van der Waals surface area (Å²) in [4.78, 5) is 41.6. The van der Waals surface area contributed by atoms with Gasteiger partial charge in [-0.2, -0.15) is 8.78 Å².